The van der Waals surface area contributed by atoms with Gasteiger partial charge in [0.15, 0.2) is 0 Å². The van der Waals surface area contributed by atoms with Gasteiger partial charge in [0.1, 0.15) is 6.10 Å². The fraction of sp³-hybridized carbons (Fsp3) is 0.300. The number of pyridine rings is 1. The van der Waals surface area contributed by atoms with Crippen molar-refractivity contribution in [1.29, 1.82) is 0 Å². The Balaban J connectivity index is 1.87. The average molecular weight is 338 g/mol. The second-order valence-corrected chi connectivity index (χ2v) is 6.39. The van der Waals surface area contributed by atoms with Crippen LogP contribution in [0.25, 0.3) is 6.08 Å². The van der Waals surface area contributed by atoms with E-state index in [0.717, 1.165) is 28.9 Å². The molecule has 0 amide bonds. The van der Waals surface area contributed by atoms with Crippen molar-refractivity contribution in [1.82, 2.24) is 9.88 Å². The van der Waals surface area contributed by atoms with Crippen LogP contribution < -0.4 is 0 Å². The third-order valence-corrected chi connectivity index (χ3v) is 4.28. The van der Waals surface area contributed by atoms with Gasteiger partial charge in [0.25, 0.3) is 0 Å². The second kappa shape index (κ2) is 7.59. The second-order valence-electron chi connectivity index (χ2n) is 6.39. The van der Waals surface area contributed by atoms with Crippen molar-refractivity contribution in [2.24, 2.45) is 0 Å². The number of fused-ring (bicyclic) bond motifs is 1. The SMILES string of the molecule is CN(C)CCOC(C1=Cc2nccc(C(=O)O)c2C1)c1ccccc1. The van der Waals surface area contributed by atoms with E-state index in [1.807, 2.05) is 50.5 Å². The molecule has 0 fully saturated rings. The van der Waals surface area contributed by atoms with E-state index in [9.17, 15) is 9.90 Å². The zero-order valence-electron chi connectivity index (χ0n) is 14.5. The summed E-state index contributed by atoms with van der Waals surface area (Å²) in [5.41, 5.74) is 3.92. The molecule has 0 bridgehead atoms. The molecule has 1 atom stereocenters. The van der Waals surface area contributed by atoms with Gasteiger partial charge in [0.05, 0.1) is 17.9 Å². The molecule has 0 spiro atoms. The summed E-state index contributed by atoms with van der Waals surface area (Å²) in [6.07, 6.45) is 3.87. The van der Waals surface area contributed by atoms with Gasteiger partial charge in [-0.2, -0.15) is 0 Å². The number of hydrogen-bond acceptors (Lipinski definition) is 4. The minimum atomic E-state index is -0.918. The van der Waals surface area contributed by atoms with Crippen LogP contribution in [0.4, 0.5) is 0 Å². The molecule has 2 aromatic rings. The summed E-state index contributed by atoms with van der Waals surface area (Å²) in [5, 5.41) is 9.41. The maximum atomic E-state index is 11.5. The zero-order valence-corrected chi connectivity index (χ0v) is 14.5. The number of carboxylic acid groups (broad SMARTS) is 1. The number of nitrogens with zero attached hydrogens (tertiary/aromatic N) is 2. The Morgan fingerprint density at radius 1 is 1.28 bits per heavy atom. The fourth-order valence-corrected chi connectivity index (χ4v) is 3.02. The van der Waals surface area contributed by atoms with Crippen molar-refractivity contribution < 1.29 is 14.6 Å². The number of aromatic nitrogens is 1. The first-order valence-electron chi connectivity index (χ1n) is 8.29. The minimum Gasteiger partial charge on any atom is -0.478 e. The molecule has 0 aliphatic heterocycles. The van der Waals surface area contributed by atoms with Gasteiger partial charge in [-0.1, -0.05) is 30.3 Å². The molecule has 5 heteroatoms. The Kier molecular flexibility index (Phi) is 5.26. The van der Waals surface area contributed by atoms with Crippen LogP contribution in [-0.2, 0) is 11.2 Å². The molecule has 1 heterocycles. The third-order valence-electron chi connectivity index (χ3n) is 4.28. The molecule has 0 radical (unpaired) electrons. The molecule has 5 nitrogen and oxygen atoms in total. The quantitative estimate of drug-likeness (QED) is 0.841. The number of carbonyl (C=O) groups is 1. The molecular formula is C20H22N2O3. The minimum absolute atomic E-state index is 0.197. The van der Waals surface area contributed by atoms with Crippen LogP contribution in [0.5, 0.6) is 0 Å². The van der Waals surface area contributed by atoms with Crippen molar-refractivity contribution in [3.05, 3.63) is 70.6 Å². The first-order valence-corrected chi connectivity index (χ1v) is 8.29. The van der Waals surface area contributed by atoms with E-state index in [2.05, 4.69) is 9.88 Å². The normalized spacial score (nSPS) is 14.3. The molecule has 130 valence electrons. The van der Waals surface area contributed by atoms with Crippen LogP contribution in [-0.4, -0.2) is 48.2 Å². The van der Waals surface area contributed by atoms with E-state index >= 15 is 0 Å². The van der Waals surface area contributed by atoms with Crippen LogP contribution in [0.15, 0.2) is 48.2 Å². The van der Waals surface area contributed by atoms with E-state index in [-0.39, 0.29) is 6.10 Å². The highest BCUT2D eigenvalue weighted by Gasteiger charge is 2.26. The van der Waals surface area contributed by atoms with E-state index < -0.39 is 5.97 Å². The molecule has 1 aliphatic rings. The lowest BCUT2D eigenvalue weighted by Gasteiger charge is -2.21. The fourth-order valence-electron chi connectivity index (χ4n) is 3.02. The van der Waals surface area contributed by atoms with Crippen molar-refractivity contribution in [3.63, 3.8) is 0 Å². The first-order chi connectivity index (χ1) is 12.1. The lowest BCUT2D eigenvalue weighted by Crippen LogP contribution is -2.20. The molecule has 0 saturated carbocycles. The Labute approximate surface area is 147 Å². The van der Waals surface area contributed by atoms with E-state index in [0.29, 0.717) is 18.6 Å². The van der Waals surface area contributed by atoms with Crippen LogP contribution in [0.3, 0.4) is 0 Å². The number of likely N-dealkylation sites (N-methyl/N-ethyl adjacent to an activating group) is 1. The highest BCUT2D eigenvalue weighted by atomic mass is 16.5. The topological polar surface area (TPSA) is 62.7 Å². The smallest absolute Gasteiger partial charge is 0.336 e. The van der Waals surface area contributed by atoms with Crippen molar-refractivity contribution in [2.75, 3.05) is 27.2 Å². The summed E-state index contributed by atoms with van der Waals surface area (Å²) in [6.45, 7) is 1.42. The molecule has 0 saturated heterocycles. The van der Waals surface area contributed by atoms with Gasteiger partial charge in [-0.15, -0.1) is 0 Å². The van der Waals surface area contributed by atoms with Crippen LogP contribution >= 0.6 is 0 Å². The molecule has 1 aromatic heterocycles. The van der Waals surface area contributed by atoms with Gasteiger partial charge in [-0.05, 0) is 49.4 Å². The zero-order chi connectivity index (χ0) is 17.8. The molecule has 25 heavy (non-hydrogen) atoms. The van der Waals surface area contributed by atoms with Crippen LogP contribution in [0, 0.1) is 0 Å². The van der Waals surface area contributed by atoms with Crippen LogP contribution in [0.2, 0.25) is 0 Å². The monoisotopic (exact) mass is 338 g/mol. The molecule has 1 N–H and O–H groups in total. The average Bonchev–Trinajstić information content (AvgIpc) is 3.02. The lowest BCUT2D eigenvalue weighted by atomic mass is 9.98. The number of carboxylic acids is 1. The number of aromatic carboxylic acids is 1. The van der Waals surface area contributed by atoms with E-state index in [1.54, 1.807) is 12.3 Å². The number of benzene rings is 1. The number of ether oxygens (including phenoxy) is 1. The van der Waals surface area contributed by atoms with Gasteiger partial charge >= 0.3 is 5.97 Å². The maximum absolute atomic E-state index is 11.5. The summed E-state index contributed by atoms with van der Waals surface area (Å²) in [4.78, 5) is 17.9. The van der Waals surface area contributed by atoms with E-state index in [4.69, 9.17) is 4.74 Å². The van der Waals surface area contributed by atoms with Crippen LogP contribution in [0.1, 0.15) is 33.3 Å². The molecule has 3 rings (SSSR count). The number of rotatable bonds is 7. The largest absolute Gasteiger partial charge is 0.478 e. The Bertz CT molecular complexity index is 785. The molecule has 1 unspecified atom stereocenters. The summed E-state index contributed by atoms with van der Waals surface area (Å²) >= 11 is 0. The Morgan fingerprint density at radius 2 is 2.04 bits per heavy atom. The molecule has 1 aromatic carbocycles. The maximum Gasteiger partial charge on any atom is 0.336 e. The van der Waals surface area contributed by atoms with Gasteiger partial charge < -0.3 is 14.7 Å². The Hall–Kier alpha value is -2.50. The van der Waals surface area contributed by atoms with Gasteiger partial charge in [0, 0.05) is 12.7 Å². The summed E-state index contributed by atoms with van der Waals surface area (Å²) < 4.78 is 6.17. The predicted octanol–water partition coefficient (Wildman–Crippen LogP) is 3.04. The Morgan fingerprint density at radius 3 is 2.72 bits per heavy atom. The number of hydrogen-bond donors (Lipinski definition) is 1. The summed E-state index contributed by atoms with van der Waals surface area (Å²) in [6, 6.07) is 11.6. The molecule has 1 aliphatic carbocycles. The van der Waals surface area contributed by atoms with Crippen molar-refractivity contribution in [2.45, 2.75) is 12.5 Å². The van der Waals surface area contributed by atoms with Crippen molar-refractivity contribution in [3.8, 4) is 0 Å². The molecular weight excluding hydrogens is 316 g/mol. The highest BCUT2D eigenvalue weighted by molar-refractivity contribution is 5.91. The van der Waals surface area contributed by atoms with Gasteiger partial charge in [0.2, 0.25) is 0 Å². The highest BCUT2D eigenvalue weighted by Crippen LogP contribution is 2.36. The van der Waals surface area contributed by atoms with E-state index in [1.165, 1.54) is 0 Å². The standard InChI is InChI=1S/C20H22N2O3/c1-22(2)10-11-25-19(14-6-4-3-5-7-14)15-12-17-16(20(23)24)8-9-21-18(17)13-15/h3-9,13,19H,10-12H2,1-2H3,(H,23,24). The van der Waals surface area contributed by atoms with Crippen molar-refractivity contribution >= 4 is 12.0 Å². The summed E-state index contributed by atoms with van der Waals surface area (Å²) in [5.74, 6) is -0.918. The van der Waals surface area contributed by atoms with Gasteiger partial charge in [-0.3, -0.25) is 4.98 Å². The van der Waals surface area contributed by atoms with Gasteiger partial charge in [-0.25, -0.2) is 4.79 Å². The first kappa shape index (κ1) is 17.3. The summed E-state index contributed by atoms with van der Waals surface area (Å²) in [7, 11) is 4.02. The predicted molar refractivity (Wildman–Crippen MR) is 96.6 cm³/mol. The third kappa shape index (κ3) is 3.95. The lowest BCUT2D eigenvalue weighted by molar-refractivity contribution is 0.0653.